The summed E-state index contributed by atoms with van der Waals surface area (Å²) in [5.41, 5.74) is 0. The number of carbonyl (C=O) groups excluding carboxylic acids is 3. The van der Waals surface area contributed by atoms with E-state index in [0.29, 0.717) is 19.3 Å². The van der Waals surface area contributed by atoms with Gasteiger partial charge >= 0.3 is 17.9 Å². The van der Waals surface area contributed by atoms with Crippen molar-refractivity contribution in [3.63, 3.8) is 0 Å². The Kier molecular flexibility index (Phi) is 48.9. The Morgan fingerprint density at radius 2 is 0.587 bits per heavy atom. The van der Waals surface area contributed by atoms with Crippen molar-refractivity contribution in [3.8, 4) is 0 Å². The molecule has 1 atom stereocenters. The fourth-order valence-electron chi connectivity index (χ4n) is 7.13. The van der Waals surface area contributed by atoms with Gasteiger partial charge in [0, 0.05) is 19.3 Å². The van der Waals surface area contributed by atoms with E-state index in [4.69, 9.17) is 14.2 Å². The summed E-state index contributed by atoms with van der Waals surface area (Å²) in [5.74, 6) is -0.993. The number of hydrogen-bond donors (Lipinski definition) is 0. The lowest BCUT2D eigenvalue weighted by atomic mass is 10.1. The number of hydrogen-bond acceptors (Lipinski definition) is 6. The molecule has 0 fully saturated rings. The summed E-state index contributed by atoms with van der Waals surface area (Å²) in [5, 5.41) is 0. The number of unbranched alkanes of at least 4 members (excludes halogenated alkanes) is 24. The minimum Gasteiger partial charge on any atom is -0.462 e. The third-order valence-electron chi connectivity index (χ3n) is 11.2. The number of allylic oxidation sites excluding steroid dienone is 12. The van der Waals surface area contributed by atoms with Crippen LogP contribution < -0.4 is 0 Å². The molecule has 6 nitrogen and oxygen atoms in total. The lowest BCUT2D eigenvalue weighted by Crippen LogP contribution is -2.30. The van der Waals surface area contributed by atoms with Gasteiger partial charge in [-0.2, -0.15) is 0 Å². The molecule has 0 aromatic carbocycles. The Labute approximate surface area is 389 Å². The smallest absolute Gasteiger partial charge is 0.306 e. The maximum atomic E-state index is 12.8. The van der Waals surface area contributed by atoms with Gasteiger partial charge in [0.15, 0.2) is 6.10 Å². The van der Waals surface area contributed by atoms with E-state index in [1.165, 1.54) is 116 Å². The summed E-state index contributed by atoms with van der Waals surface area (Å²) in [6.45, 7) is 6.53. The van der Waals surface area contributed by atoms with Crippen LogP contribution in [0.4, 0.5) is 0 Å². The van der Waals surface area contributed by atoms with Crippen molar-refractivity contribution in [1.29, 1.82) is 0 Å². The van der Waals surface area contributed by atoms with Crippen LogP contribution in [0.1, 0.15) is 252 Å². The second-order valence-electron chi connectivity index (χ2n) is 17.4. The maximum absolute atomic E-state index is 12.8. The highest BCUT2D eigenvalue weighted by atomic mass is 16.6. The van der Waals surface area contributed by atoms with Crippen molar-refractivity contribution >= 4 is 17.9 Å². The molecule has 0 saturated heterocycles. The van der Waals surface area contributed by atoms with Crippen molar-refractivity contribution in [1.82, 2.24) is 0 Å². The van der Waals surface area contributed by atoms with Crippen LogP contribution >= 0.6 is 0 Å². The molecule has 0 amide bonds. The van der Waals surface area contributed by atoms with E-state index in [1.54, 1.807) is 0 Å². The van der Waals surface area contributed by atoms with Crippen LogP contribution in [0.3, 0.4) is 0 Å². The third kappa shape index (κ3) is 49.7. The van der Waals surface area contributed by atoms with Crippen molar-refractivity contribution in [3.05, 3.63) is 72.9 Å². The maximum Gasteiger partial charge on any atom is 0.306 e. The Bertz CT molecular complexity index is 1190. The van der Waals surface area contributed by atoms with Crippen LogP contribution in [0.25, 0.3) is 0 Å². The van der Waals surface area contributed by atoms with Gasteiger partial charge in [-0.25, -0.2) is 0 Å². The second-order valence-corrected chi connectivity index (χ2v) is 17.4. The van der Waals surface area contributed by atoms with Crippen LogP contribution in [0, 0.1) is 0 Å². The summed E-state index contributed by atoms with van der Waals surface area (Å²) in [4.78, 5) is 38.0. The molecule has 0 aromatic rings. The molecule has 0 aliphatic rings. The summed E-state index contributed by atoms with van der Waals surface area (Å²) >= 11 is 0. The molecule has 0 aromatic heterocycles. The first kappa shape index (κ1) is 59.9. The molecule has 0 aliphatic carbocycles. The second kappa shape index (κ2) is 51.5. The van der Waals surface area contributed by atoms with E-state index < -0.39 is 6.10 Å². The minimum absolute atomic E-state index is 0.106. The van der Waals surface area contributed by atoms with Crippen LogP contribution in [0.5, 0.6) is 0 Å². The first-order chi connectivity index (χ1) is 31.0. The van der Waals surface area contributed by atoms with E-state index in [2.05, 4.69) is 93.7 Å². The van der Waals surface area contributed by atoms with Gasteiger partial charge in [0.25, 0.3) is 0 Å². The molecule has 362 valence electrons. The number of ether oxygens (including phenoxy) is 3. The van der Waals surface area contributed by atoms with Gasteiger partial charge in [-0.1, -0.05) is 196 Å². The molecule has 0 spiro atoms. The Hall–Kier alpha value is -3.15. The first-order valence-electron chi connectivity index (χ1n) is 26.4. The average molecular weight is 879 g/mol. The van der Waals surface area contributed by atoms with E-state index in [9.17, 15) is 14.4 Å². The SMILES string of the molecule is CCCCC/C=C\C/C=C\C/C=C\C/C=C\CCCC(=O)OCC(COC(=O)CCCCC/C=C\CCCCCCCCC)OC(=O)CCCCC/C=C\CCCCCCCCC. The van der Waals surface area contributed by atoms with Gasteiger partial charge < -0.3 is 14.2 Å². The zero-order valence-electron chi connectivity index (χ0n) is 41.3. The lowest BCUT2D eigenvalue weighted by molar-refractivity contribution is -0.167. The first-order valence-corrected chi connectivity index (χ1v) is 26.4. The van der Waals surface area contributed by atoms with Gasteiger partial charge in [-0.15, -0.1) is 0 Å². The van der Waals surface area contributed by atoms with E-state index in [1.807, 2.05) is 0 Å². The summed E-state index contributed by atoms with van der Waals surface area (Å²) < 4.78 is 16.7. The fourth-order valence-corrected chi connectivity index (χ4v) is 7.13. The monoisotopic (exact) mass is 879 g/mol. The molecule has 1 unspecified atom stereocenters. The average Bonchev–Trinajstić information content (AvgIpc) is 3.28. The Morgan fingerprint density at radius 3 is 1.00 bits per heavy atom. The highest BCUT2D eigenvalue weighted by Crippen LogP contribution is 2.13. The van der Waals surface area contributed by atoms with Gasteiger partial charge in [0.05, 0.1) is 0 Å². The molecule has 0 radical (unpaired) electrons. The summed E-state index contributed by atoms with van der Waals surface area (Å²) in [6.07, 6.45) is 64.6. The number of rotatable bonds is 47. The fraction of sp³-hybridized carbons (Fsp3) is 0.737. The van der Waals surface area contributed by atoms with Gasteiger partial charge in [-0.05, 0) is 109 Å². The predicted octanol–water partition coefficient (Wildman–Crippen LogP) is 17.4. The van der Waals surface area contributed by atoms with E-state index in [-0.39, 0.29) is 37.5 Å². The molecule has 6 heteroatoms. The van der Waals surface area contributed by atoms with Crippen LogP contribution in [0.15, 0.2) is 72.9 Å². The molecule has 0 bridgehead atoms. The Balaban J connectivity index is 4.51. The Morgan fingerprint density at radius 1 is 0.317 bits per heavy atom. The molecule has 0 heterocycles. The standard InChI is InChI=1S/C57H98O6/c1-4-7-10-13-16-19-22-25-28-29-30-33-35-38-41-44-47-50-56(59)62-53-54(63-57(60)51-48-45-42-39-36-32-27-24-21-18-15-12-9-6-3)52-61-55(58)49-46-43-40-37-34-31-26-23-20-17-14-11-8-5-2/h16,19,25,28,30-34,36,38,41,54H,4-15,17-18,20-24,26-27,29,35,37,39-40,42-53H2,1-3H3/b19-16-,28-25-,33-30-,34-31-,36-32-,41-38-. The zero-order chi connectivity index (χ0) is 45.8. The highest BCUT2D eigenvalue weighted by molar-refractivity contribution is 5.71. The number of esters is 3. The van der Waals surface area contributed by atoms with Gasteiger partial charge in [-0.3, -0.25) is 14.4 Å². The third-order valence-corrected chi connectivity index (χ3v) is 11.2. The topological polar surface area (TPSA) is 78.9 Å². The van der Waals surface area contributed by atoms with Gasteiger partial charge in [0.2, 0.25) is 0 Å². The minimum atomic E-state index is -0.810. The van der Waals surface area contributed by atoms with E-state index >= 15 is 0 Å². The predicted molar refractivity (Wildman–Crippen MR) is 270 cm³/mol. The summed E-state index contributed by atoms with van der Waals surface area (Å²) in [6, 6.07) is 0. The van der Waals surface area contributed by atoms with Crippen molar-refractivity contribution in [2.45, 2.75) is 258 Å². The largest absolute Gasteiger partial charge is 0.462 e. The van der Waals surface area contributed by atoms with Crippen LogP contribution in [-0.4, -0.2) is 37.2 Å². The van der Waals surface area contributed by atoms with Gasteiger partial charge in [0.1, 0.15) is 13.2 Å². The lowest BCUT2D eigenvalue weighted by Gasteiger charge is -2.18. The van der Waals surface area contributed by atoms with Crippen LogP contribution in [0.2, 0.25) is 0 Å². The molecule has 63 heavy (non-hydrogen) atoms. The molecular weight excluding hydrogens is 781 g/mol. The highest BCUT2D eigenvalue weighted by Gasteiger charge is 2.19. The molecule has 0 saturated carbocycles. The summed E-state index contributed by atoms with van der Waals surface area (Å²) in [7, 11) is 0. The normalized spacial score (nSPS) is 12.6. The van der Waals surface area contributed by atoms with Crippen LogP contribution in [-0.2, 0) is 28.6 Å². The van der Waals surface area contributed by atoms with E-state index in [0.717, 1.165) is 89.9 Å². The molecule has 0 N–H and O–H groups in total. The number of carbonyl (C=O) groups is 3. The quantitative estimate of drug-likeness (QED) is 0.0262. The molecule has 0 rings (SSSR count). The van der Waals surface area contributed by atoms with Crippen molar-refractivity contribution in [2.24, 2.45) is 0 Å². The zero-order valence-corrected chi connectivity index (χ0v) is 41.3. The van der Waals surface area contributed by atoms with Crippen molar-refractivity contribution in [2.75, 3.05) is 13.2 Å². The molecular formula is C57H98O6. The van der Waals surface area contributed by atoms with Crippen molar-refractivity contribution < 1.29 is 28.6 Å². The molecule has 0 aliphatic heterocycles.